The number of ketones is 1. The van der Waals surface area contributed by atoms with Crippen LogP contribution in [0, 0.1) is 0 Å². The van der Waals surface area contributed by atoms with E-state index in [0.29, 0.717) is 36.4 Å². The molecule has 1 unspecified atom stereocenters. The first-order valence-electron chi connectivity index (χ1n) is 10.2. The third-order valence-electron chi connectivity index (χ3n) is 5.12. The standard InChI is InChI=1S/C24H33NO4.ClH/c1-5-24(2,3)25-16-20(26)17-29-23-12-7-6-9-18(23)13-14-22(27)19-10-8-11-21(15-19)28-4;/h6-12,15,20,25-26H,5,13-14,16-17H2,1-4H3;1H. The van der Waals surface area contributed by atoms with Crippen molar-refractivity contribution in [2.75, 3.05) is 20.3 Å². The molecule has 2 rings (SSSR count). The first-order valence-corrected chi connectivity index (χ1v) is 10.2. The number of hydrogen-bond donors (Lipinski definition) is 2. The summed E-state index contributed by atoms with van der Waals surface area (Å²) in [6.07, 6.45) is 1.32. The molecule has 166 valence electrons. The lowest BCUT2D eigenvalue weighted by atomic mass is 10.0. The molecular formula is C24H34ClNO4. The van der Waals surface area contributed by atoms with E-state index in [-0.39, 0.29) is 30.3 Å². The monoisotopic (exact) mass is 435 g/mol. The molecular weight excluding hydrogens is 402 g/mol. The number of aliphatic hydroxyl groups excluding tert-OH is 1. The van der Waals surface area contributed by atoms with Gasteiger partial charge >= 0.3 is 0 Å². The number of halogens is 1. The number of β-amino-alcohol motifs (C(OH)–C–C–N with tert-alkyl or cyclic N) is 1. The van der Waals surface area contributed by atoms with E-state index in [1.807, 2.05) is 36.4 Å². The summed E-state index contributed by atoms with van der Waals surface area (Å²) in [5.74, 6) is 1.44. The Morgan fingerprint density at radius 1 is 1.17 bits per heavy atom. The van der Waals surface area contributed by atoms with Crippen LogP contribution in [0.4, 0.5) is 0 Å². The summed E-state index contributed by atoms with van der Waals surface area (Å²) >= 11 is 0. The quantitative estimate of drug-likeness (QED) is 0.482. The van der Waals surface area contributed by atoms with E-state index in [1.54, 1.807) is 19.2 Å². The maximum atomic E-state index is 12.5. The average Bonchev–Trinajstić information content (AvgIpc) is 2.75. The van der Waals surface area contributed by atoms with Gasteiger partial charge in [-0.2, -0.15) is 0 Å². The highest BCUT2D eigenvalue weighted by atomic mass is 35.5. The Bertz CT molecular complexity index is 794. The molecule has 0 saturated carbocycles. The minimum atomic E-state index is -0.604. The summed E-state index contributed by atoms with van der Waals surface area (Å²) in [6.45, 7) is 6.99. The van der Waals surface area contributed by atoms with Crippen LogP contribution in [-0.4, -0.2) is 42.8 Å². The topological polar surface area (TPSA) is 67.8 Å². The van der Waals surface area contributed by atoms with Crippen LogP contribution in [0.3, 0.4) is 0 Å². The van der Waals surface area contributed by atoms with Gasteiger partial charge < -0.3 is 19.9 Å². The summed E-state index contributed by atoms with van der Waals surface area (Å²) in [4.78, 5) is 12.5. The van der Waals surface area contributed by atoms with Crippen LogP contribution in [0.1, 0.15) is 49.5 Å². The molecule has 5 nitrogen and oxygen atoms in total. The van der Waals surface area contributed by atoms with Crippen LogP contribution in [0.5, 0.6) is 11.5 Å². The lowest BCUT2D eigenvalue weighted by Gasteiger charge is -2.26. The van der Waals surface area contributed by atoms with Crippen LogP contribution < -0.4 is 14.8 Å². The van der Waals surface area contributed by atoms with Crippen molar-refractivity contribution in [3.05, 3.63) is 59.7 Å². The minimum absolute atomic E-state index is 0. The summed E-state index contributed by atoms with van der Waals surface area (Å²) in [7, 11) is 1.59. The fraction of sp³-hybridized carbons (Fsp3) is 0.458. The van der Waals surface area contributed by atoms with Gasteiger partial charge in [0.15, 0.2) is 5.78 Å². The predicted molar refractivity (Wildman–Crippen MR) is 123 cm³/mol. The molecule has 2 aromatic rings. The predicted octanol–water partition coefficient (Wildman–Crippen LogP) is 4.45. The second kappa shape index (κ2) is 12.6. The van der Waals surface area contributed by atoms with E-state index in [0.717, 1.165) is 12.0 Å². The Hall–Kier alpha value is -2.08. The molecule has 2 aromatic carbocycles. The zero-order chi connectivity index (χ0) is 21.3. The summed E-state index contributed by atoms with van der Waals surface area (Å²) in [5, 5.41) is 13.6. The van der Waals surface area contributed by atoms with E-state index in [4.69, 9.17) is 9.47 Å². The summed E-state index contributed by atoms with van der Waals surface area (Å²) in [6, 6.07) is 14.9. The molecule has 0 aromatic heterocycles. The molecule has 0 amide bonds. The van der Waals surface area contributed by atoms with Gasteiger partial charge in [-0.25, -0.2) is 0 Å². The Balaban J connectivity index is 0.00000450. The first-order chi connectivity index (χ1) is 13.8. The number of aliphatic hydroxyl groups is 1. The lowest BCUT2D eigenvalue weighted by Crippen LogP contribution is -2.44. The molecule has 0 saturated heterocycles. The van der Waals surface area contributed by atoms with Gasteiger partial charge in [-0.15, -0.1) is 12.4 Å². The van der Waals surface area contributed by atoms with E-state index in [2.05, 4.69) is 26.1 Å². The molecule has 0 aliphatic heterocycles. The van der Waals surface area contributed by atoms with Gasteiger partial charge in [0, 0.05) is 24.1 Å². The van der Waals surface area contributed by atoms with Crippen molar-refractivity contribution in [2.24, 2.45) is 0 Å². The van der Waals surface area contributed by atoms with Crippen LogP contribution in [-0.2, 0) is 6.42 Å². The first kappa shape index (κ1) is 26.0. The van der Waals surface area contributed by atoms with Gasteiger partial charge in [-0.1, -0.05) is 37.3 Å². The molecule has 1 atom stereocenters. The number of nitrogens with one attached hydrogen (secondary N) is 1. The maximum Gasteiger partial charge on any atom is 0.163 e. The largest absolute Gasteiger partial charge is 0.497 e. The van der Waals surface area contributed by atoms with Crippen molar-refractivity contribution in [2.45, 2.75) is 51.7 Å². The molecule has 6 heteroatoms. The molecule has 0 aliphatic carbocycles. The maximum absolute atomic E-state index is 12.5. The number of rotatable bonds is 12. The number of methoxy groups -OCH3 is 1. The second-order valence-electron chi connectivity index (χ2n) is 7.85. The lowest BCUT2D eigenvalue weighted by molar-refractivity contribution is 0.0966. The van der Waals surface area contributed by atoms with Crippen LogP contribution >= 0.6 is 12.4 Å². The van der Waals surface area contributed by atoms with Crippen molar-refractivity contribution in [1.29, 1.82) is 0 Å². The summed E-state index contributed by atoms with van der Waals surface area (Å²) in [5.41, 5.74) is 1.58. The van der Waals surface area contributed by atoms with Crippen LogP contribution in [0.25, 0.3) is 0 Å². The van der Waals surface area contributed by atoms with Crippen LogP contribution in [0.15, 0.2) is 48.5 Å². The highest BCUT2D eigenvalue weighted by molar-refractivity contribution is 5.96. The van der Waals surface area contributed by atoms with E-state index < -0.39 is 6.10 Å². The third-order valence-corrected chi connectivity index (χ3v) is 5.12. The Kier molecular flexibility index (Phi) is 10.9. The number of aryl methyl sites for hydroxylation is 1. The summed E-state index contributed by atoms with van der Waals surface area (Å²) < 4.78 is 11.0. The molecule has 2 N–H and O–H groups in total. The van der Waals surface area contributed by atoms with E-state index >= 15 is 0 Å². The number of para-hydroxylation sites is 1. The van der Waals surface area contributed by atoms with Gasteiger partial charge in [0.25, 0.3) is 0 Å². The van der Waals surface area contributed by atoms with Crippen molar-refractivity contribution >= 4 is 18.2 Å². The zero-order valence-electron chi connectivity index (χ0n) is 18.3. The van der Waals surface area contributed by atoms with Crippen LogP contribution in [0.2, 0.25) is 0 Å². The van der Waals surface area contributed by atoms with E-state index in [9.17, 15) is 9.90 Å². The molecule has 0 bridgehead atoms. The molecule has 0 spiro atoms. The average molecular weight is 436 g/mol. The molecule has 0 radical (unpaired) electrons. The molecule has 0 heterocycles. The van der Waals surface area contributed by atoms with Crippen molar-refractivity contribution < 1.29 is 19.4 Å². The second-order valence-corrected chi connectivity index (χ2v) is 7.85. The van der Waals surface area contributed by atoms with Crippen molar-refractivity contribution in [3.63, 3.8) is 0 Å². The number of ether oxygens (including phenoxy) is 2. The van der Waals surface area contributed by atoms with Gasteiger partial charge in [0.2, 0.25) is 0 Å². The Labute approximate surface area is 186 Å². The fourth-order valence-corrected chi connectivity index (χ4v) is 2.80. The number of carbonyl (C=O) groups is 1. The third kappa shape index (κ3) is 8.34. The highest BCUT2D eigenvalue weighted by Crippen LogP contribution is 2.21. The van der Waals surface area contributed by atoms with Gasteiger partial charge in [-0.3, -0.25) is 4.79 Å². The normalized spacial score (nSPS) is 12.0. The Morgan fingerprint density at radius 2 is 1.90 bits per heavy atom. The molecule has 30 heavy (non-hydrogen) atoms. The number of Topliss-reactive ketones (excluding diaryl/α,β-unsaturated/α-hetero) is 1. The zero-order valence-corrected chi connectivity index (χ0v) is 19.1. The number of carbonyl (C=O) groups excluding carboxylic acids is 1. The van der Waals surface area contributed by atoms with Gasteiger partial charge in [0.1, 0.15) is 24.2 Å². The number of benzene rings is 2. The van der Waals surface area contributed by atoms with Crippen molar-refractivity contribution in [3.8, 4) is 11.5 Å². The number of hydrogen-bond acceptors (Lipinski definition) is 5. The van der Waals surface area contributed by atoms with Crippen molar-refractivity contribution in [1.82, 2.24) is 5.32 Å². The highest BCUT2D eigenvalue weighted by Gasteiger charge is 2.16. The smallest absolute Gasteiger partial charge is 0.163 e. The molecule has 0 aliphatic rings. The van der Waals surface area contributed by atoms with Gasteiger partial charge in [-0.05, 0) is 50.5 Å². The molecule has 0 fully saturated rings. The van der Waals surface area contributed by atoms with Gasteiger partial charge in [0.05, 0.1) is 7.11 Å². The SMILES string of the molecule is CCC(C)(C)NCC(O)COc1ccccc1CCC(=O)c1cccc(OC)c1.Cl. The minimum Gasteiger partial charge on any atom is -0.497 e. The Morgan fingerprint density at radius 3 is 2.60 bits per heavy atom. The fourth-order valence-electron chi connectivity index (χ4n) is 2.80. The van der Waals surface area contributed by atoms with E-state index in [1.165, 1.54) is 0 Å².